The minimum absolute atomic E-state index is 0.181. The lowest BCUT2D eigenvalue weighted by atomic mass is 9.81. The molecule has 2 heterocycles. The quantitative estimate of drug-likeness (QED) is 0.792. The van der Waals surface area contributed by atoms with E-state index in [1.807, 2.05) is 27.8 Å². The zero-order chi connectivity index (χ0) is 17.5. The molecule has 0 radical (unpaired) electrons. The van der Waals surface area contributed by atoms with Crippen molar-refractivity contribution in [1.29, 1.82) is 0 Å². The molecule has 2 bridgehead atoms. The SMILES string of the molecule is CN(C(=O)OC(C)(C)C)[C@@H]1C[C@H]2CCC[C@@H](C1)N2C(=O)CC1CC1. The van der Waals surface area contributed by atoms with E-state index >= 15 is 0 Å². The van der Waals surface area contributed by atoms with Crippen molar-refractivity contribution in [1.82, 2.24) is 9.80 Å². The average Bonchev–Trinajstić information content (AvgIpc) is 3.27. The van der Waals surface area contributed by atoms with Crippen LogP contribution < -0.4 is 0 Å². The van der Waals surface area contributed by atoms with Crippen LogP contribution in [-0.4, -0.2) is 52.6 Å². The standard InChI is InChI=1S/C19H32N2O3/c1-19(2,3)24-18(23)20(4)16-11-14-6-5-7-15(12-16)21(14)17(22)10-13-8-9-13/h13-16H,5-12H2,1-4H3/t14-,15+,16-. The molecule has 0 aromatic carbocycles. The number of rotatable bonds is 3. The Morgan fingerprint density at radius 2 is 1.67 bits per heavy atom. The second-order valence-electron chi connectivity index (χ2n) is 8.90. The summed E-state index contributed by atoms with van der Waals surface area (Å²) in [4.78, 5) is 29.0. The lowest BCUT2D eigenvalue weighted by molar-refractivity contribution is -0.142. The number of hydrogen-bond donors (Lipinski definition) is 0. The molecule has 0 unspecified atom stereocenters. The van der Waals surface area contributed by atoms with Crippen LogP contribution in [0.5, 0.6) is 0 Å². The van der Waals surface area contributed by atoms with Crippen LogP contribution in [0.1, 0.15) is 72.1 Å². The summed E-state index contributed by atoms with van der Waals surface area (Å²) in [6.45, 7) is 5.69. The number of carbonyl (C=O) groups excluding carboxylic acids is 2. The number of amides is 2. The van der Waals surface area contributed by atoms with Crippen LogP contribution in [0.15, 0.2) is 0 Å². The highest BCUT2D eigenvalue weighted by Crippen LogP contribution is 2.39. The first-order chi connectivity index (χ1) is 11.2. The molecule has 0 aromatic rings. The van der Waals surface area contributed by atoms with Crippen molar-refractivity contribution in [3.05, 3.63) is 0 Å². The molecule has 3 atom stereocenters. The van der Waals surface area contributed by atoms with Gasteiger partial charge in [0.05, 0.1) is 0 Å². The van der Waals surface area contributed by atoms with Gasteiger partial charge in [0.1, 0.15) is 5.60 Å². The first kappa shape index (κ1) is 17.6. The molecular weight excluding hydrogens is 304 g/mol. The second kappa shape index (κ2) is 6.57. The van der Waals surface area contributed by atoms with Crippen molar-refractivity contribution >= 4 is 12.0 Å². The van der Waals surface area contributed by atoms with E-state index in [1.165, 1.54) is 19.3 Å². The Morgan fingerprint density at radius 3 is 2.17 bits per heavy atom. The fraction of sp³-hybridized carbons (Fsp3) is 0.895. The van der Waals surface area contributed by atoms with E-state index < -0.39 is 5.60 Å². The third-order valence-corrected chi connectivity index (χ3v) is 5.63. The van der Waals surface area contributed by atoms with E-state index in [-0.39, 0.29) is 12.1 Å². The maximum atomic E-state index is 12.7. The molecule has 3 fully saturated rings. The highest BCUT2D eigenvalue weighted by atomic mass is 16.6. The Hall–Kier alpha value is -1.26. The van der Waals surface area contributed by atoms with Gasteiger partial charge in [0.2, 0.25) is 5.91 Å². The van der Waals surface area contributed by atoms with Gasteiger partial charge in [-0.2, -0.15) is 0 Å². The highest BCUT2D eigenvalue weighted by molar-refractivity contribution is 5.78. The predicted molar refractivity (Wildman–Crippen MR) is 92.6 cm³/mol. The first-order valence-corrected chi connectivity index (χ1v) is 9.51. The molecular formula is C19H32N2O3. The van der Waals surface area contributed by atoms with Gasteiger partial charge in [0.15, 0.2) is 0 Å². The molecule has 2 aliphatic heterocycles. The van der Waals surface area contributed by atoms with Gasteiger partial charge in [-0.3, -0.25) is 4.79 Å². The largest absolute Gasteiger partial charge is 0.444 e. The van der Waals surface area contributed by atoms with Crippen LogP contribution in [0, 0.1) is 5.92 Å². The number of piperidine rings is 2. The molecule has 5 nitrogen and oxygen atoms in total. The van der Waals surface area contributed by atoms with Gasteiger partial charge in [-0.1, -0.05) is 0 Å². The van der Waals surface area contributed by atoms with Crippen LogP contribution in [0.2, 0.25) is 0 Å². The van der Waals surface area contributed by atoms with Gasteiger partial charge in [0.25, 0.3) is 0 Å². The summed E-state index contributed by atoms with van der Waals surface area (Å²) in [5.74, 6) is 0.992. The third kappa shape index (κ3) is 4.04. The van der Waals surface area contributed by atoms with Gasteiger partial charge in [-0.05, 0) is 71.6 Å². The fourth-order valence-corrected chi connectivity index (χ4v) is 4.23. The van der Waals surface area contributed by atoms with Crippen molar-refractivity contribution in [2.24, 2.45) is 5.92 Å². The third-order valence-electron chi connectivity index (χ3n) is 5.63. The Bertz CT molecular complexity index is 481. The molecule has 2 saturated heterocycles. The Balaban J connectivity index is 1.63. The zero-order valence-corrected chi connectivity index (χ0v) is 15.6. The minimum atomic E-state index is -0.470. The molecule has 1 saturated carbocycles. The molecule has 2 amide bonds. The van der Waals surface area contributed by atoms with Gasteiger partial charge < -0.3 is 14.5 Å². The van der Waals surface area contributed by atoms with Crippen molar-refractivity contribution < 1.29 is 14.3 Å². The summed E-state index contributed by atoms with van der Waals surface area (Å²) in [5.41, 5.74) is -0.470. The van der Waals surface area contributed by atoms with Crippen molar-refractivity contribution in [2.45, 2.75) is 95.9 Å². The number of ether oxygens (including phenoxy) is 1. The Morgan fingerprint density at radius 1 is 1.08 bits per heavy atom. The lowest BCUT2D eigenvalue weighted by Crippen LogP contribution is -2.59. The maximum Gasteiger partial charge on any atom is 0.410 e. The molecule has 136 valence electrons. The van der Waals surface area contributed by atoms with Crippen molar-refractivity contribution in [2.75, 3.05) is 7.05 Å². The normalized spacial score (nSPS) is 30.0. The van der Waals surface area contributed by atoms with Crippen LogP contribution in [0.25, 0.3) is 0 Å². The Labute approximate surface area is 145 Å². The number of fused-ring (bicyclic) bond motifs is 2. The molecule has 3 rings (SSSR count). The van der Waals surface area contributed by atoms with E-state index in [0.29, 0.717) is 23.9 Å². The van der Waals surface area contributed by atoms with Crippen LogP contribution in [-0.2, 0) is 9.53 Å². The summed E-state index contributed by atoms with van der Waals surface area (Å²) in [7, 11) is 1.84. The minimum Gasteiger partial charge on any atom is -0.444 e. The molecule has 1 aliphatic carbocycles. The van der Waals surface area contributed by atoms with E-state index in [0.717, 1.165) is 32.1 Å². The van der Waals surface area contributed by atoms with Gasteiger partial charge in [0, 0.05) is 31.6 Å². The summed E-state index contributed by atoms with van der Waals surface area (Å²) >= 11 is 0. The topological polar surface area (TPSA) is 49.9 Å². The number of carbonyl (C=O) groups is 2. The fourth-order valence-electron chi connectivity index (χ4n) is 4.23. The molecule has 3 aliphatic rings. The lowest BCUT2D eigenvalue weighted by Gasteiger charge is -2.50. The van der Waals surface area contributed by atoms with Gasteiger partial charge in [-0.15, -0.1) is 0 Å². The Kier molecular flexibility index (Phi) is 4.80. The maximum absolute atomic E-state index is 12.7. The van der Waals surface area contributed by atoms with Gasteiger partial charge >= 0.3 is 6.09 Å². The number of hydrogen-bond acceptors (Lipinski definition) is 3. The number of nitrogens with zero attached hydrogens (tertiary/aromatic N) is 2. The van der Waals surface area contributed by atoms with E-state index in [1.54, 1.807) is 4.90 Å². The molecule has 0 aromatic heterocycles. The van der Waals surface area contributed by atoms with E-state index in [4.69, 9.17) is 4.74 Å². The average molecular weight is 336 g/mol. The molecule has 0 N–H and O–H groups in total. The smallest absolute Gasteiger partial charge is 0.410 e. The monoisotopic (exact) mass is 336 g/mol. The zero-order valence-electron chi connectivity index (χ0n) is 15.6. The van der Waals surface area contributed by atoms with Crippen molar-refractivity contribution in [3.8, 4) is 0 Å². The summed E-state index contributed by atoms with van der Waals surface area (Å²) in [6.07, 6.45) is 8.06. The predicted octanol–water partition coefficient (Wildman–Crippen LogP) is 3.57. The van der Waals surface area contributed by atoms with Crippen molar-refractivity contribution in [3.63, 3.8) is 0 Å². The van der Waals surface area contributed by atoms with Crippen LogP contribution >= 0.6 is 0 Å². The van der Waals surface area contributed by atoms with Gasteiger partial charge in [-0.25, -0.2) is 4.79 Å². The first-order valence-electron chi connectivity index (χ1n) is 9.51. The second-order valence-corrected chi connectivity index (χ2v) is 8.90. The summed E-state index contributed by atoms with van der Waals surface area (Å²) in [6, 6.07) is 0.789. The molecule has 5 heteroatoms. The van der Waals surface area contributed by atoms with E-state index in [2.05, 4.69) is 4.90 Å². The highest BCUT2D eigenvalue weighted by Gasteiger charge is 2.43. The van der Waals surface area contributed by atoms with E-state index in [9.17, 15) is 9.59 Å². The molecule has 0 spiro atoms. The molecule has 24 heavy (non-hydrogen) atoms. The van der Waals surface area contributed by atoms with Crippen LogP contribution in [0.4, 0.5) is 4.79 Å². The summed E-state index contributed by atoms with van der Waals surface area (Å²) in [5, 5.41) is 0. The summed E-state index contributed by atoms with van der Waals surface area (Å²) < 4.78 is 5.52. The van der Waals surface area contributed by atoms with Crippen LogP contribution in [0.3, 0.4) is 0 Å².